The Hall–Kier alpha value is -0.870. The van der Waals surface area contributed by atoms with Gasteiger partial charge >= 0.3 is 0 Å². The van der Waals surface area contributed by atoms with Crippen LogP contribution in [0, 0.1) is 6.92 Å². The summed E-state index contributed by atoms with van der Waals surface area (Å²) in [5.41, 5.74) is 8.03. The van der Waals surface area contributed by atoms with Crippen molar-refractivity contribution in [3.8, 4) is 0 Å². The SMILES string of the molecule is CC[C@@H]([C@@H](N)c1ccc(C)cc1)S(C)(=O)=O. The third kappa shape index (κ3) is 3.06. The molecular weight excluding hydrogens is 222 g/mol. The Kier molecular flexibility index (Phi) is 4.10. The number of rotatable bonds is 4. The van der Waals surface area contributed by atoms with E-state index in [1.165, 1.54) is 6.26 Å². The molecule has 0 aliphatic rings. The lowest BCUT2D eigenvalue weighted by Crippen LogP contribution is -2.32. The lowest BCUT2D eigenvalue weighted by Gasteiger charge is -2.21. The highest BCUT2D eigenvalue weighted by molar-refractivity contribution is 7.91. The third-order valence-electron chi connectivity index (χ3n) is 2.82. The smallest absolute Gasteiger partial charge is 0.152 e. The fourth-order valence-electron chi connectivity index (χ4n) is 1.83. The van der Waals surface area contributed by atoms with E-state index in [1.54, 1.807) is 0 Å². The Labute approximate surface area is 97.6 Å². The number of sulfone groups is 1. The number of nitrogens with two attached hydrogens (primary N) is 1. The molecule has 0 aliphatic carbocycles. The van der Waals surface area contributed by atoms with E-state index in [0.717, 1.165) is 11.1 Å². The molecule has 1 aromatic rings. The van der Waals surface area contributed by atoms with E-state index in [0.29, 0.717) is 6.42 Å². The molecule has 0 fully saturated rings. The van der Waals surface area contributed by atoms with Crippen LogP contribution in [0.25, 0.3) is 0 Å². The first-order chi connectivity index (χ1) is 7.36. The van der Waals surface area contributed by atoms with Gasteiger partial charge in [0.15, 0.2) is 9.84 Å². The van der Waals surface area contributed by atoms with Crippen LogP contribution in [0.3, 0.4) is 0 Å². The van der Waals surface area contributed by atoms with Gasteiger partial charge in [-0.3, -0.25) is 0 Å². The summed E-state index contributed by atoms with van der Waals surface area (Å²) < 4.78 is 23.1. The third-order valence-corrected chi connectivity index (χ3v) is 4.54. The van der Waals surface area contributed by atoms with Gasteiger partial charge in [-0.05, 0) is 18.9 Å². The van der Waals surface area contributed by atoms with Crippen molar-refractivity contribution in [2.75, 3.05) is 6.26 Å². The molecule has 0 saturated heterocycles. The van der Waals surface area contributed by atoms with Crippen LogP contribution in [0.5, 0.6) is 0 Å². The number of benzene rings is 1. The highest BCUT2D eigenvalue weighted by Gasteiger charge is 2.26. The lowest BCUT2D eigenvalue weighted by molar-refractivity contribution is 0.553. The summed E-state index contributed by atoms with van der Waals surface area (Å²) >= 11 is 0. The lowest BCUT2D eigenvalue weighted by atomic mass is 10.0. The summed E-state index contributed by atoms with van der Waals surface area (Å²) in [5, 5.41) is -0.504. The van der Waals surface area contributed by atoms with Gasteiger partial charge in [0.2, 0.25) is 0 Å². The van der Waals surface area contributed by atoms with Crippen LogP contribution in [-0.2, 0) is 9.84 Å². The Morgan fingerprint density at radius 2 is 1.75 bits per heavy atom. The maximum atomic E-state index is 11.6. The molecule has 2 N–H and O–H groups in total. The number of hydrogen-bond donors (Lipinski definition) is 1. The molecule has 1 aromatic carbocycles. The zero-order valence-corrected chi connectivity index (χ0v) is 10.8. The first-order valence-corrected chi connectivity index (χ1v) is 7.32. The Morgan fingerprint density at radius 3 is 2.12 bits per heavy atom. The second kappa shape index (κ2) is 4.97. The van der Waals surface area contributed by atoms with Gasteiger partial charge < -0.3 is 5.73 Å². The van der Waals surface area contributed by atoms with Crippen molar-refractivity contribution in [2.24, 2.45) is 5.73 Å². The minimum absolute atomic E-state index is 0.444. The average Bonchev–Trinajstić information content (AvgIpc) is 2.17. The van der Waals surface area contributed by atoms with Gasteiger partial charge in [-0.15, -0.1) is 0 Å². The number of hydrogen-bond acceptors (Lipinski definition) is 3. The van der Waals surface area contributed by atoms with E-state index in [-0.39, 0.29) is 0 Å². The Morgan fingerprint density at radius 1 is 1.25 bits per heavy atom. The summed E-state index contributed by atoms with van der Waals surface area (Å²) in [6.45, 7) is 3.84. The topological polar surface area (TPSA) is 60.2 Å². The van der Waals surface area contributed by atoms with Crippen LogP contribution in [-0.4, -0.2) is 19.9 Å². The maximum Gasteiger partial charge on any atom is 0.152 e. The van der Waals surface area contributed by atoms with Crippen molar-refractivity contribution in [1.29, 1.82) is 0 Å². The fraction of sp³-hybridized carbons (Fsp3) is 0.500. The van der Waals surface area contributed by atoms with Gasteiger partial charge in [-0.2, -0.15) is 0 Å². The molecule has 0 radical (unpaired) electrons. The monoisotopic (exact) mass is 241 g/mol. The maximum absolute atomic E-state index is 11.6. The van der Waals surface area contributed by atoms with Gasteiger partial charge in [-0.25, -0.2) is 8.42 Å². The molecule has 16 heavy (non-hydrogen) atoms. The Bertz CT molecular complexity index is 437. The zero-order chi connectivity index (χ0) is 12.3. The molecule has 1 rings (SSSR count). The van der Waals surface area contributed by atoms with Crippen LogP contribution in [0.15, 0.2) is 24.3 Å². The van der Waals surface area contributed by atoms with E-state index in [4.69, 9.17) is 5.73 Å². The summed E-state index contributed by atoms with van der Waals surface area (Å²) in [4.78, 5) is 0. The predicted octanol–water partition coefficient (Wildman–Crippen LogP) is 1.82. The summed E-state index contributed by atoms with van der Waals surface area (Å²) in [6, 6.07) is 7.25. The molecule has 0 aromatic heterocycles. The summed E-state index contributed by atoms with van der Waals surface area (Å²) in [5.74, 6) is 0. The first kappa shape index (κ1) is 13.2. The van der Waals surface area contributed by atoms with Crippen molar-refractivity contribution >= 4 is 9.84 Å². The van der Waals surface area contributed by atoms with Crippen molar-refractivity contribution in [1.82, 2.24) is 0 Å². The largest absolute Gasteiger partial charge is 0.323 e. The van der Waals surface area contributed by atoms with Crippen molar-refractivity contribution < 1.29 is 8.42 Å². The van der Waals surface area contributed by atoms with Crippen LogP contribution in [0.2, 0.25) is 0 Å². The van der Waals surface area contributed by atoms with E-state index in [9.17, 15) is 8.42 Å². The van der Waals surface area contributed by atoms with Gasteiger partial charge in [-0.1, -0.05) is 36.8 Å². The summed E-state index contributed by atoms with van der Waals surface area (Å²) in [7, 11) is -3.10. The second-order valence-electron chi connectivity index (χ2n) is 4.21. The minimum atomic E-state index is -3.10. The molecule has 0 spiro atoms. The van der Waals surface area contributed by atoms with Gasteiger partial charge in [0.25, 0.3) is 0 Å². The standard InChI is InChI=1S/C12H19NO2S/c1-4-11(16(3,14)15)12(13)10-7-5-9(2)6-8-10/h5-8,11-12H,4,13H2,1-3H3/t11-,12-/m0/s1. The average molecular weight is 241 g/mol. The highest BCUT2D eigenvalue weighted by atomic mass is 32.2. The molecule has 2 atom stereocenters. The molecule has 0 heterocycles. The molecule has 0 unspecified atom stereocenters. The van der Waals surface area contributed by atoms with Crippen molar-refractivity contribution in [3.05, 3.63) is 35.4 Å². The van der Waals surface area contributed by atoms with E-state index < -0.39 is 21.1 Å². The first-order valence-electron chi connectivity index (χ1n) is 5.37. The van der Waals surface area contributed by atoms with Crippen LogP contribution in [0.1, 0.15) is 30.5 Å². The minimum Gasteiger partial charge on any atom is -0.323 e. The predicted molar refractivity (Wildman–Crippen MR) is 67.0 cm³/mol. The quantitative estimate of drug-likeness (QED) is 0.874. The van der Waals surface area contributed by atoms with Crippen LogP contribution < -0.4 is 5.73 Å². The molecule has 0 aliphatic heterocycles. The fourth-order valence-corrected chi connectivity index (χ4v) is 3.12. The van der Waals surface area contributed by atoms with Crippen LogP contribution >= 0.6 is 0 Å². The summed E-state index contributed by atoms with van der Waals surface area (Å²) in [6.07, 6.45) is 1.78. The molecular formula is C12H19NO2S. The van der Waals surface area contributed by atoms with Gasteiger partial charge in [0.1, 0.15) is 0 Å². The van der Waals surface area contributed by atoms with Crippen molar-refractivity contribution in [3.63, 3.8) is 0 Å². The van der Waals surface area contributed by atoms with Crippen LogP contribution in [0.4, 0.5) is 0 Å². The van der Waals surface area contributed by atoms with E-state index >= 15 is 0 Å². The van der Waals surface area contributed by atoms with E-state index in [1.807, 2.05) is 38.1 Å². The van der Waals surface area contributed by atoms with Gasteiger partial charge in [0.05, 0.1) is 5.25 Å². The number of aryl methyl sites for hydroxylation is 1. The Balaban J connectivity index is 3.00. The van der Waals surface area contributed by atoms with Crippen molar-refractivity contribution in [2.45, 2.75) is 31.6 Å². The van der Waals surface area contributed by atoms with E-state index in [2.05, 4.69) is 0 Å². The molecule has 0 saturated carbocycles. The second-order valence-corrected chi connectivity index (χ2v) is 6.48. The molecule has 0 amide bonds. The molecule has 3 nitrogen and oxygen atoms in total. The van der Waals surface area contributed by atoms with Gasteiger partial charge in [0, 0.05) is 12.3 Å². The molecule has 90 valence electrons. The normalized spacial score (nSPS) is 15.8. The highest BCUT2D eigenvalue weighted by Crippen LogP contribution is 2.22. The zero-order valence-electron chi connectivity index (χ0n) is 9.97. The molecule has 0 bridgehead atoms. The molecule has 4 heteroatoms.